The van der Waals surface area contributed by atoms with E-state index < -0.39 is 10.0 Å². The molecule has 2 N–H and O–H groups in total. The summed E-state index contributed by atoms with van der Waals surface area (Å²) in [4.78, 5) is 23.4. The molecule has 2 rings (SSSR count). The number of anilines is 3. The molecule has 2 aromatic carbocycles. The highest BCUT2D eigenvalue weighted by molar-refractivity contribution is 7.92. The summed E-state index contributed by atoms with van der Waals surface area (Å²) in [7, 11) is -3.52. The van der Waals surface area contributed by atoms with E-state index in [0.29, 0.717) is 17.1 Å². The van der Waals surface area contributed by atoms with Gasteiger partial charge in [0.05, 0.1) is 11.9 Å². The maximum absolute atomic E-state index is 12.3. The van der Waals surface area contributed by atoms with Gasteiger partial charge in [-0.1, -0.05) is 24.3 Å². The number of hydrogen-bond donors (Lipinski definition) is 2. The molecule has 0 fully saturated rings. The van der Waals surface area contributed by atoms with Gasteiger partial charge in [-0.25, -0.2) is 8.42 Å². The number of carbonyl (C=O) groups excluding carboxylic acids is 2. The zero-order chi connectivity index (χ0) is 20.0. The smallest absolute Gasteiger partial charge is 0.232 e. The predicted octanol–water partition coefficient (Wildman–Crippen LogP) is 2.75. The van der Waals surface area contributed by atoms with E-state index in [1.807, 2.05) is 19.1 Å². The highest BCUT2D eigenvalue weighted by Crippen LogP contribution is 2.22. The Bertz CT molecular complexity index is 941. The molecule has 8 heteroatoms. The largest absolute Gasteiger partial charge is 0.326 e. The number of hydrogen-bond acceptors (Lipinski definition) is 4. The van der Waals surface area contributed by atoms with Crippen molar-refractivity contribution < 1.29 is 18.0 Å². The van der Waals surface area contributed by atoms with Crippen LogP contribution in [-0.4, -0.2) is 33.0 Å². The van der Waals surface area contributed by atoms with E-state index in [4.69, 9.17) is 0 Å². The SMILES string of the molecule is CC(=O)Nc1cccc(NC(=O)CCN(c2ccccc2C)S(C)(=O)=O)c1. The quantitative estimate of drug-likeness (QED) is 0.761. The van der Waals surface area contributed by atoms with Crippen molar-refractivity contribution in [3.8, 4) is 0 Å². The first-order valence-corrected chi connectivity index (χ1v) is 10.2. The van der Waals surface area contributed by atoms with Crippen LogP contribution in [0, 0.1) is 6.92 Å². The third kappa shape index (κ3) is 6.10. The van der Waals surface area contributed by atoms with Crippen LogP contribution in [0.25, 0.3) is 0 Å². The average Bonchev–Trinajstić information content (AvgIpc) is 2.55. The molecule has 0 spiro atoms. The molecule has 0 aromatic heterocycles. The van der Waals surface area contributed by atoms with Gasteiger partial charge in [-0.3, -0.25) is 13.9 Å². The Kier molecular flexibility index (Phi) is 6.57. The van der Waals surface area contributed by atoms with Crippen LogP contribution in [-0.2, 0) is 19.6 Å². The van der Waals surface area contributed by atoms with Crippen LogP contribution < -0.4 is 14.9 Å². The lowest BCUT2D eigenvalue weighted by molar-refractivity contribution is -0.116. The molecule has 0 atom stereocenters. The standard InChI is InChI=1S/C19H23N3O4S/c1-14-7-4-5-10-18(14)22(27(3,25)26)12-11-19(24)21-17-9-6-8-16(13-17)20-15(2)23/h4-10,13H,11-12H2,1-3H3,(H,20,23)(H,21,24). The number of nitrogens with one attached hydrogen (secondary N) is 2. The highest BCUT2D eigenvalue weighted by atomic mass is 32.2. The zero-order valence-electron chi connectivity index (χ0n) is 15.5. The third-order valence-electron chi connectivity index (χ3n) is 3.79. The van der Waals surface area contributed by atoms with E-state index in [2.05, 4.69) is 10.6 Å². The molecule has 0 bridgehead atoms. The molecule has 2 aromatic rings. The zero-order valence-corrected chi connectivity index (χ0v) is 16.3. The number of para-hydroxylation sites is 1. The molecule has 0 radical (unpaired) electrons. The molecule has 144 valence electrons. The van der Waals surface area contributed by atoms with Gasteiger partial charge in [-0.05, 0) is 36.8 Å². The molecular weight excluding hydrogens is 366 g/mol. The van der Waals surface area contributed by atoms with Gasteiger partial charge < -0.3 is 10.6 Å². The van der Waals surface area contributed by atoms with Crippen LogP contribution in [0.5, 0.6) is 0 Å². The molecule has 0 unspecified atom stereocenters. The van der Waals surface area contributed by atoms with Crippen LogP contribution in [0.15, 0.2) is 48.5 Å². The van der Waals surface area contributed by atoms with E-state index in [1.54, 1.807) is 36.4 Å². The van der Waals surface area contributed by atoms with Gasteiger partial charge >= 0.3 is 0 Å². The Morgan fingerprint density at radius 3 is 2.22 bits per heavy atom. The van der Waals surface area contributed by atoms with Gasteiger partial charge in [0.2, 0.25) is 21.8 Å². The summed E-state index contributed by atoms with van der Waals surface area (Å²) < 4.78 is 25.5. The summed E-state index contributed by atoms with van der Waals surface area (Å²) in [5, 5.41) is 5.36. The number of rotatable bonds is 7. The minimum absolute atomic E-state index is 0.00817. The van der Waals surface area contributed by atoms with Gasteiger partial charge in [-0.15, -0.1) is 0 Å². The van der Waals surface area contributed by atoms with Crippen molar-refractivity contribution in [2.45, 2.75) is 20.3 Å². The van der Waals surface area contributed by atoms with Gasteiger partial charge in [-0.2, -0.15) is 0 Å². The van der Waals surface area contributed by atoms with Crippen molar-refractivity contribution in [3.05, 3.63) is 54.1 Å². The second kappa shape index (κ2) is 8.68. The molecule has 27 heavy (non-hydrogen) atoms. The maximum atomic E-state index is 12.3. The van der Waals surface area contributed by atoms with E-state index >= 15 is 0 Å². The summed E-state index contributed by atoms with van der Waals surface area (Å²) >= 11 is 0. The minimum Gasteiger partial charge on any atom is -0.326 e. The number of carbonyl (C=O) groups is 2. The first-order valence-electron chi connectivity index (χ1n) is 8.37. The second-order valence-electron chi connectivity index (χ2n) is 6.18. The van der Waals surface area contributed by atoms with E-state index in [-0.39, 0.29) is 24.8 Å². The minimum atomic E-state index is -3.52. The highest BCUT2D eigenvalue weighted by Gasteiger charge is 2.20. The topological polar surface area (TPSA) is 95.6 Å². The van der Waals surface area contributed by atoms with Gasteiger partial charge in [0.15, 0.2) is 0 Å². The Balaban J connectivity index is 2.06. The van der Waals surface area contributed by atoms with E-state index in [0.717, 1.165) is 11.8 Å². The van der Waals surface area contributed by atoms with Crippen molar-refractivity contribution in [2.75, 3.05) is 27.7 Å². The van der Waals surface area contributed by atoms with Crippen molar-refractivity contribution in [1.29, 1.82) is 0 Å². The maximum Gasteiger partial charge on any atom is 0.232 e. The first kappa shape index (κ1) is 20.4. The summed E-state index contributed by atoms with van der Waals surface area (Å²) in [6.45, 7) is 3.25. The van der Waals surface area contributed by atoms with Crippen LogP contribution in [0.3, 0.4) is 0 Å². The Morgan fingerprint density at radius 2 is 1.63 bits per heavy atom. The molecule has 7 nitrogen and oxygen atoms in total. The number of sulfonamides is 1. The average molecular weight is 389 g/mol. The molecule has 0 aliphatic carbocycles. The summed E-state index contributed by atoms with van der Waals surface area (Å²) in [5.74, 6) is -0.530. The predicted molar refractivity (Wildman–Crippen MR) is 107 cm³/mol. The Hall–Kier alpha value is -2.87. The Labute approximate surface area is 159 Å². The van der Waals surface area contributed by atoms with Crippen LogP contribution in [0.2, 0.25) is 0 Å². The van der Waals surface area contributed by atoms with Crippen LogP contribution in [0.1, 0.15) is 18.9 Å². The number of benzene rings is 2. The van der Waals surface area contributed by atoms with E-state index in [9.17, 15) is 18.0 Å². The lowest BCUT2D eigenvalue weighted by Gasteiger charge is -2.23. The number of nitrogens with zero attached hydrogens (tertiary/aromatic N) is 1. The van der Waals surface area contributed by atoms with Crippen LogP contribution >= 0.6 is 0 Å². The van der Waals surface area contributed by atoms with Gasteiger partial charge in [0.25, 0.3) is 0 Å². The molecule has 0 heterocycles. The summed E-state index contributed by atoms with van der Waals surface area (Å²) in [6.07, 6.45) is 1.11. The second-order valence-corrected chi connectivity index (χ2v) is 8.09. The molecule has 0 aliphatic heterocycles. The van der Waals surface area contributed by atoms with Crippen molar-refractivity contribution in [2.24, 2.45) is 0 Å². The fourth-order valence-electron chi connectivity index (χ4n) is 2.61. The van der Waals surface area contributed by atoms with Crippen molar-refractivity contribution in [3.63, 3.8) is 0 Å². The molecular formula is C19H23N3O4S. The molecule has 0 aliphatic rings. The summed E-state index contributed by atoms with van der Waals surface area (Å²) in [6, 6.07) is 13.9. The fourth-order valence-corrected chi connectivity index (χ4v) is 3.60. The Morgan fingerprint density at radius 1 is 1.00 bits per heavy atom. The summed E-state index contributed by atoms with van der Waals surface area (Å²) in [5.41, 5.74) is 2.46. The molecule has 2 amide bonds. The van der Waals surface area contributed by atoms with Crippen molar-refractivity contribution in [1.82, 2.24) is 0 Å². The van der Waals surface area contributed by atoms with Crippen molar-refractivity contribution >= 4 is 38.9 Å². The normalized spacial score (nSPS) is 10.9. The number of aryl methyl sites for hydroxylation is 1. The van der Waals surface area contributed by atoms with E-state index in [1.165, 1.54) is 11.2 Å². The monoisotopic (exact) mass is 389 g/mol. The molecule has 0 saturated carbocycles. The molecule has 0 saturated heterocycles. The lowest BCUT2D eigenvalue weighted by atomic mass is 10.2. The lowest BCUT2D eigenvalue weighted by Crippen LogP contribution is -2.33. The number of amides is 2. The van der Waals surface area contributed by atoms with Gasteiger partial charge in [0.1, 0.15) is 0 Å². The van der Waals surface area contributed by atoms with Crippen LogP contribution in [0.4, 0.5) is 17.1 Å². The fraction of sp³-hybridized carbons (Fsp3) is 0.263. The first-order chi connectivity index (χ1) is 12.7. The third-order valence-corrected chi connectivity index (χ3v) is 4.97. The van der Waals surface area contributed by atoms with Gasteiger partial charge in [0, 0.05) is 31.3 Å².